The Bertz CT molecular complexity index is 331. The molecule has 0 aliphatic carbocycles. The van der Waals surface area contributed by atoms with E-state index in [1.807, 2.05) is 12.3 Å². The lowest BCUT2D eigenvalue weighted by molar-refractivity contribution is 0.194. The lowest BCUT2D eigenvalue weighted by atomic mass is 10.0. The fraction of sp³-hybridized carbons (Fsp3) is 0.667. The van der Waals surface area contributed by atoms with Crippen molar-refractivity contribution in [1.82, 2.24) is 4.98 Å². The molecule has 18 heavy (non-hydrogen) atoms. The summed E-state index contributed by atoms with van der Waals surface area (Å²) in [7, 11) is 0. The summed E-state index contributed by atoms with van der Waals surface area (Å²) in [5.74, 6) is 0.737. The average molecular weight is 250 g/mol. The van der Waals surface area contributed by atoms with Gasteiger partial charge in [0.05, 0.1) is 23.7 Å². The highest BCUT2D eigenvalue weighted by Crippen LogP contribution is 2.19. The van der Waals surface area contributed by atoms with E-state index in [1.54, 1.807) is 6.92 Å². The first kappa shape index (κ1) is 15.0. The van der Waals surface area contributed by atoms with Crippen molar-refractivity contribution in [3.05, 3.63) is 24.0 Å². The quantitative estimate of drug-likeness (QED) is 0.805. The van der Waals surface area contributed by atoms with Crippen LogP contribution in [0.25, 0.3) is 0 Å². The Kier molecular flexibility index (Phi) is 6.13. The second-order valence-electron chi connectivity index (χ2n) is 4.84. The molecule has 0 aliphatic heterocycles. The van der Waals surface area contributed by atoms with E-state index in [0.29, 0.717) is 0 Å². The van der Waals surface area contributed by atoms with Gasteiger partial charge in [-0.15, -0.1) is 0 Å². The third kappa shape index (κ3) is 3.98. The zero-order valence-corrected chi connectivity index (χ0v) is 12.1. The molecule has 0 fully saturated rings. The topological polar surface area (TPSA) is 36.4 Å². The summed E-state index contributed by atoms with van der Waals surface area (Å²) in [4.78, 5) is 6.67. The standard InChI is InChI=1S/C15H26N2O/c1-5-13(6-2)11-17(7-3)14-8-9-15(12(4)18)16-10-14/h8-10,12-13,18H,5-7,11H2,1-4H3/t12-/m0/s1. The largest absolute Gasteiger partial charge is 0.387 e. The fourth-order valence-electron chi connectivity index (χ4n) is 2.11. The summed E-state index contributed by atoms with van der Waals surface area (Å²) in [5.41, 5.74) is 1.88. The van der Waals surface area contributed by atoms with Gasteiger partial charge in [0, 0.05) is 13.1 Å². The van der Waals surface area contributed by atoms with E-state index in [2.05, 4.69) is 36.7 Å². The molecule has 0 amide bonds. The van der Waals surface area contributed by atoms with Crippen LogP contribution in [0.2, 0.25) is 0 Å². The Morgan fingerprint density at radius 2 is 1.89 bits per heavy atom. The molecule has 0 radical (unpaired) electrons. The molecule has 0 unspecified atom stereocenters. The van der Waals surface area contributed by atoms with Gasteiger partial charge in [-0.25, -0.2) is 0 Å². The third-order valence-electron chi connectivity index (χ3n) is 3.58. The Balaban J connectivity index is 2.75. The number of hydrogen-bond acceptors (Lipinski definition) is 3. The predicted octanol–water partition coefficient (Wildman–Crippen LogP) is 3.40. The molecule has 0 bridgehead atoms. The van der Waals surface area contributed by atoms with Gasteiger partial charge in [0.2, 0.25) is 0 Å². The van der Waals surface area contributed by atoms with Gasteiger partial charge < -0.3 is 10.0 Å². The van der Waals surface area contributed by atoms with Crippen molar-refractivity contribution in [2.75, 3.05) is 18.0 Å². The van der Waals surface area contributed by atoms with E-state index in [0.717, 1.165) is 30.4 Å². The maximum Gasteiger partial charge on any atom is 0.0931 e. The molecule has 1 atom stereocenters. The molecule has 1 aromatic heterocycles. The maximum absolute atomic E-state index is 9.46. The van der Waals surface area contributed by atoms with E-state index in [9.17, 15) is 5.11 Å². The first-order valence-corrected chi connectivity index (χ1v) is 7.01. The van der Waals surface area contributed by atoms with Crippen molar-refractivity contribution in [3.8, 4) is 0 Å². The Labute approximate surface area is 111 Å². The Morgan fingerprint density at radius 1 is 1.22 bits per heavy atom. The molecule has 1 aromatic rings. The van der Waals surface area contributed by atoms with E-state index < -0.39 is 6.10 Å². The van der Waals surface area contributed by atoms with Gasteiger partial charge in [-0.1, -0.05) is 26.7 Å². The number of hydrogen-bond donors (Lipinski definition) is 1. The van der Waals surface area contributed by atoms with Gasteiger partial charge in [0.25, 0.3) is 0 Å². The molecule has 0 spiro atoms. The summed E-state index contributed by atoms with van der Waals surface area (Å²) in [5, 5.41) is 9.46. The highest BCUT2D eigenvalue weighted by molar-refractivity contribution is 5.44. The number of nitrogens with zero attached hydrogens (tertiary/aromatic N) is 2. The summed E-state index contributed by atoms with van der Waals surface area (Å²) in [6.07, 6.45) is 3.81. The number of rotatable bonds is 7. The highest BCUT2D eigenvalue weighted by atomic mass is 16.3. The molecule has 1 N–H and O–H groups in total. The molecular weight excluding hydrogens is 224 g/mol. The van der Waals surface area contributed by atoms with Crippen molar-refractivity contribution in [2.45, 2.75) is 46.6 Å². The molecule has 0 aromatic carbocycles. The highest BCUT2D eigenvalue weighted by Gasteiger charge is 2.11. The molecular formula is C15H26N2O. The molecule has 1 rings (SSSR count). The SMILES string of the molecule is CCC(CC)CN(CC)c1ccc([C@H](C)O)nc1. The van der Waals surface area contributed by atoms with Gasteiger partial charge in [-0.3, -0.25) is 4.98 Å². The number of aliphatic hydroxyl groups excluding tert-OH is 1. The monoisotopic (exact) mass is 250 g/mol. The normalized spacial score (nSPS) is 12.8. The zero-order chi connectivity index (χ0) is 13.5. The van der Waals surface area contributed by atoms with Crippen LogP contribution in [0.1, 0.15) is 52.3 Å². The third-order valence-corrected chi connectivity index (χ3v) is 3.58. The minimum absolute atomic E-state index is 0.492. The lowest BCUT2D eigenvalue weighted by Crippen LogP contribution is -2.29. The molecule has 0 saturated heterocycles. The molecule has 3 heteroatoms. The van der Waals surface area contributed by atoms with Crippen LogP contribution >= 0.6 is 0 Å². The van der Waals surface area contributed by atoms with Crippen molar-refractivity contribution >= 4 is 5.69 Å². The second-order valence-corrected chi connectivity index (χ2v) is 4.84. The van der Waals surface area contributed by atoms with E-state index in [-0.39, 0.29) is 0 Å². The van der Waals surface area contributed by atoms with Gasteiger partial charge in [-0.05, 0) is 31.9 Å². The fourth-order valence-corrected chi connectivity index (χ4v) is 2.11. The number of anilines is 1. The van der Waals surface area contributed by atoms with Crippen molar-refractivity contribution in [3.63, 3.8) is 0 Å². The predicted molar refractivity (Wildman–Crippen MR) is 76.8 cm³/mol. The maximum atomic E-state index is 9.46. The van der Waals surface area contributed by atoms with Crippen LogP contribution in [0.15, 0.2) is 18.3 Å². The van der Waals surface area contributed by atoms with Crippen molar-refractivity contribution < 1.29 is 5.11 Å². The minimum Gasteiger partial charge on any atom is -0.387 e. The molecule has 0 saturated carbocycles. The summed E-state index contributed by atoms with van der Waals surface area (Å²) in [6.45, 7) is 10.5. The Hall–Kier alpha value is -1.09. The van der Waals surface area contributed by atoms with Crippen LogP contribution < -0.4 is 4.90 Å². The molecule has 3 nitrogen and oxygen atoms in total. The smallest absolute Gasteiger partial charge is 0.0931 e. The lowest BCUT2D eigenvalue weighted by Gasteiger charge is -2.27. The van der Waals surface area contributed by atoms with Crippen LogP contribution in [-0.2, 0) is 0 Å². The second kappa shape index (κ2) is 7.37. The van der Waals surface area contributed by atoms with Crippen LogP contribution in [-0.4, -0.2) is 23.2 Å². The van der Waals surface area contributed by atoms with Crippen LogP contribution in [0.3, 0.4) is 0 Å². The summed E-state index contributed by atoms with van der Waals surface area (Å²) >= 11 is 0. The molecule has 102 valence electrons. The summed E-state index contributed by atoms with van der Waals surface area (Å²) < 4.78 is 0. The van der Waals surface area contributed by atoms with Gasteiger partial charge in [0.1, 0.15) is 0 Å². The van der Waals surface area contributed by atoms with E-state index in [1.165, 1.54) is 12.8 Å². The van der Waals surface area contributed by atoms with Crippen molar-refractivity contribution in [1.29, 1.82) is 0 Å². The van der Waals surface area contributed by atoms with Gasteiger partial charge in [0.15, 0.2) is 0 Å². The first-order chi connectivity index (χ1) is 8.62. The van der Waals surface area contributed by atoms with Gasteiger partial charge in [-0.2, -0.15) is 0 Å². The first-order valence-electron chi connectivity index (χ1n) is 7.01. The van der Waals surface area contributed by atoms with Crippen LogP contribution in [0.5, 0.6) is 0 Å². The minimum atomic E-state index is -0.492. The average Bonchev–Trinajstić information content (AvgIpc) is 2.40. The zero-order valence-electron chi connectivity index (χ0n) is 12.1. The summed E-state index contributed by atoms with van der Waals surface area (Å²) in [6, 6.07) is 3.97. The Morgan fingerprint density at radius 3 is 2.28 bits per heavy atom. The van der Waals surface area contributed by atoms with Crippen LogP contribution in [0.4, 0.5) is 5.69 Å². The van der Waals surface area contributed by atoms with Gasteiger partial charge >= 0.3 is 0 Å². The van der Waals surface area contributed by atoms with E-state index in [4.69, 9.17) is 0 Å². The molecule has 0 aliphatic rings. The van der Waals surface area contributed by atoms with Crippen molar-refractivity contribution in [2.24, 2.45) is 5.92 Å². The number of aliphatic hydroxyl groups is 1. The van der Waals surface area contributed by atoms with E-state index >= 15 is 0 Å². The van der Waals surface area contributed by atoms with Crippen LogP contribution in [0, 0.1) is 5.92 Å². The number of pyridine rings is 1. The molecule has 1 heterocycles. The number of aromatic nitrogens is 1.